The molecule has 2 aromatic heterocycles. The van der Waals surface area contributed by atoms with E-state index in [4.69, 9.17) is 9.47 Å². The average Bonchev–Trinajstić information content (AvgIpc) is 3.95. The topological polar surface area (TPSA) is 198 Å². The van der Waals surface area contributed by atoms with Gasteiger partial charge >= 0.3 is 11.9 Å². The number of rotatable bonds is 16. The van der Waals surface area contributed by atoms with E-state index >= 15 is 0 Å². The van der Waals surface area contributed by atoms with Gasteiger partial charge in [0.15, 0.2) is 0 Å². The molecular weight excluding hydrogens is 777 g/mol. The van der Waals surface area contributed by atoms with E-state index in [-0.39, 0.29) is 17.4 Å². The van der Waals surface area contributed by atoms with Crippen LogP contribution in [0.2, 0.25) is 0 Å². The Hall–Kier alpha value is -7.62. The van der Waals surface area contributed by atoms with E-state index in [0.29, 0.717) is 69.1 Å². The number of benzene rings is 5. The van der Waals surface area contributed by atoms with Crippen LogP contribution in [-0.4, -0.2) is 70.5 Å². The standard InChI is InChI=1S/C45H44N10O6/c1-5-7-25-54-50-41(48-52-54)37-24-19-32(27-40(37)42-49-53-55(51-42)26-8-6-2)43(57)46-33-20-15-30(16-21-33)31-17-22-34(23-18-31)47-44(58)38-13-9-12-36-35(38)11-10-14-39(36)45(59)61-29(4)60-28(3)56/h9-24,27,29H,5-8,25-26H2,1-4H3,(H,46,57)(H,47,58). The summed E-state index contributed by atoms with van der Waals surface area (Å²) in [6.45, 7) is 8.14. The predicted molar refractivity (Wildman–Crippen MR) is 228 cm³/mol. The lowest BCUT2D eigenvalue weighted by Gasteiger charge is -2.14. The van der Waals surface area contributed by atoms with Crippen molar-refractivity contribution >= 4 is 45.9 Å². The van der Waals surface area contributed by atoms with Crippen molar-refractivity contribution in [2.24, 2.45) is 0 Å². The van der Waals surface area contributed by atoms with Crippen LogP contribution in [0.15, 0.2) is 103 Å². The zero-order valence-corrected chi connectivity index (χ0v) is 34.2. The smallest absolute Gasteiger partial charge is 0.341 e. The van der Waals surface area contributed by atoms with Gasteiger partial charge in [-0.15, -0.1) is 20.4 Å². The van der Waals surface area contributed by atoms with E-state index in [1.807, 2.05) is 36.4 Å². The van der Waals surface area contributed by atoms with E-state index < -0.39 is 18.2 Å². The molecule has 2 heterocycles. The average molecular weight is 821 g/mol. The van der Waals surface area contributed by atoms with Crippen molar-refractivity contribution in [3.63, 3.8) is 0 Å². The molecule has 0 aliphatic rings. The van der Waals surface area contributed by atoms with Crippen LogP contribution in [0.25, 0.3) is 44.7 Å². The zero-order valence-electron chi connectivity index (χ0n) is 34.2. The van der Waals surface area contributed by atoms with Crippen LogP contribution < -0.4 is 10.6 Å². The fourth-order valence-corrected chi connectivity index (χ4v) is 6.61. The van der Waals surface area contributed by atoms with Crippen molar-refractivity contribution in [2.75, 3.05) is 10.6 Å². The third-order valence-corrected chi connectivity index (χ3v) is 9.70. The van der Waals surface area contributed by atoms with Gasteiger partial charge in [-0.2, -0.15) is 9.59 Å². The van der Waals surface area contributed by atoms with Crippen LogP contribution in [0.5, 0.6) is 0 Å². The van der Waals surface area contributed by atoms with E-state index in [9.17, 15) is 19.2 Å². The van der Waals surface area contributed by atoms with E-state index in [1.165, 1.54) is 13.8 Å². The zero-order chi connectivity index (χ0) is 42.9. The van der Waals surface area contributed by atoms with Crippen LogP contribution in [0, 0.1) is 0 Å². The number of anilines is 2. The number of tetrazole rings is 2. The fourth-order valence-electron chi connectivity index (χ4n) is 6.61. The largest absolute Gasteiger partial charge is 0.426 e. The van der Waals surface area contributed by atoms with Gasteiger partial charge in [0.2, 0.25) is 17.9 Å². The van der Waals surface area contributed by atoms with Crippen LogP contribution in [0.1, 0.15) is 84.5 Å². The molecule has 0 bridgehead atoms. The highest BCUT2D eigenvalue weighted by Crippen LogP contribution is 2.30. The first kappa shape index (κ1) is 41.5. The number of hydrogen-bond acceptors (Lipinski definition) is 12. The summed E-state index contributed by atoms with van der Waals surface area (Å²) >= 11 is 0. The Labute approximate surface area is 351 Å². The molecule has 1 unspecified atom stereocenters. The molecule has 0 saturated carbocycles. The Morgan fingerprint density at radius 1 is 0.623 bits per heavy atom. The molecule has 0 fully saturated rings. The molecule has 61 heavy (non-hydrogen) atoms. The number of unbranched alkanes of at least 4 members (excludes halogenated alkanes) is 2. The second kappa shape index (κ2) is 19.0. The van der Waals surface area contributed by atoms with Gasteiger partial charge in [-0.05, 0) is 99.8 Å². The summed E-state index contributed by atoms with van der Waals surface area (Å²) in [5, 5.41) is 33.1. The van der Waals surface area contributed by atoms with E-state index in [0.717, 1.165) is 36.8 Å². The molecule has 0 aliphatic heterocycles. The van der Waals surface area contributed by atoms with Crippen molar-refractivity contribution in [3.8, 4) is 33.9 Å². The number of aromatic nitrogens is 8. The van der Waals surface area contributed by atoms with Gasteiger partial charge in [0, 0.05) is 47.5 Å². The van der Waals surface area contributed by atoms with Crippen LogP contribution >= 0.6 is 0 Å². The first-order valence-corrected chi connectivity index (χ1v) is 20.0. The van der Waals surface area contributed by atoms with Crippen LogP contribution in [0.3, 0.4) is 0 Å². The van der Waals surface area contributed by atoms with Crippen molar-refractivity contribution in [3.05, 3.63) is 120 Å². The van der Waals surface area contributed by atoms with Crippen molar-refractivity contribution in [1.29, 1.82) is 0 Å². The van der Waals surface area contributed by atoms with Gasteiger partial charge in [-0.25, -0.2) is 4.79 Å². The summed E-state index contributed by atoms with van der Waals surface area (Å²) in [6.07, 6.45) is 2.74. The first-order chi connectivity index (χ1) is 29.6. The predicted octanol–water partition coefficient (Wildman–Crippen LogP) is 7.98. The minimum atomic E-state index is -1.07. The minimum Gasteiger partial charge on any atom is -0.426 e. The van der Waals surface area contributed by atoms with Gasteiger partial charge < -0.3 is 20.1 Å². The normalized spacial score (nSPS) is 11.5. The number of nitrogens with zero attached hydrogens (tertiary/aromatic N) is 8. The second-order valence-electron chi connectivity index (χ2n) is 14.2. The molecule has 2 N–H and O–H groups in total. The maximum atomic E-state index is 13.6. The summed E-state index contributed by atoms with van der Waals surface area (Å²) in [6, 6.07) is 30.1. The summed E-state index contributed by atoms with van der Waals surface area (Å²) in [4.78, 5) is 54.4. The molecule has 0 saturated heterocycles. The Bertz CT molecular complexity index is 2690. The number of amides is 2. The third kappa shape index (κ3) is 9.99. The lowest BCUT2D eigenvalue weighted by molar-refractivity contribution is -0.162. The molecule has 7 rings (SSSR count). The van der Waals surface area contributed by atoms with Crippen molar-refractivity contribution in [1.82, 2.24) is 40.4 Å². The third-order valence-electron chi connectivity index (χ3n) is 9.70. The Balaban J connectivity index is 1.02. The number of hydrogen-bond donors (Lipinski definition) is 2. The first-order valence-electron chi connectivity index (χ1n) is 20.0. The van der Waals surface area contributed by atoms with Gasteiger partial charge in [0.25, 0.3) is 11.8 Å². The highest BCUT2D eigenvalue weighted by molar-refractivity contribution is 6.16. The minimum absolute atomic E-state index is 0.235. The monoisotopic (exact) mass is 820 g/mol. The molecule has 0 radical (unpaired) electrons. The quantitative estimate of drug-likeness (QED) is 0.0705. The molecule has 1 atom stereocenters. The SMILES string of the molecule is CCCCn1nnc(-c2ccc(C(=O)Nc3ccc(-c4ccc(NC(=O)c5cccc6c(C(=O)OC(C)OC(C)=O)cccc56)cc4)cc3)cc2-c2nnn(CCCC)n2)n1. The molecule has 7 aromatic rings. The highest BCUT2D eigenvalue weighted by Gasteiger charge is 2.21. The molecule has 0 aliphatic carbocycles. The van der Waals surface area contributed by atoms with Gasteiger partial charge in [-0.1, -0.05) is 75.2 Å². The Morgan fingerprint density at radius 2 is 1.15 bits per heavy atom. The number of carbonyl (C=O) groups is 4. The second-order valence-corrected chi connectivity index (χ2v) is 14.2. The van der Waals surface area contributed by atoms with E-state index in [2.05, 4.69) is 55.3 Å². The number of aryl methyl sites for hydroxylation is 2. The number of fused-ring (bicyclic) bond motifs is 1. The molecule has 0 spiro atoms. The Kier molecular flexibility index (Phi) is 12.9. The number of nitrogens with one attached hydrogen (secondary N) is 2. The Morgan fingerprint density at radius 3 is 1.70 bits per heavy atom. The highest BCUT2D eigenvalue weighted by atomic mass is 16.7. The summed E-state index contributed by atoms with van der Waals surface area (Å²) in [5.41, 5.74) is 5.16. The van der Waals surface area contributed by atoms with E-state index in [1.54, 1.807) is 76.3 Å². The molecule has 310 valence electrons. The maximum absolute atomic E-state index is 13.6. The van der Waals surface area contributed by atoms with Crippen molar-refractivity contribution < 1.29 is 28.7 Å². The maximum Gasteiger partial charge on any atom is 0.341 e. The lowest BCUT2D eigenvalue weighted by Crippen LogP contribution is -2.20. The summed E-state index contributed by atoms with van der Waals surface area (Å²) < 4.78 is 10.2. The number of ether oxygens (including phenoxy) is 2. The van der Waals surface area contributed by atoms with Gasteiger partial charge in [-0.3, -0.25) is 14.4 Å². The van der Waals surface area contributed by atoms with Gasteiger partial charge in [0.1, 0.15) is 0 Å². The molecule has 16 heteroatoms. The lowest BCUT2D eigenvalue weighted by atomic mass is 9.99. The van der Waals surface area contributed by atoms with Gasteiger partial charge in [0.05, 0.1) is 18.7 Å². The molecule has 16 nitrogen and oxygen atoms in total. The summed E-state index contributed by atoms with van der Waals surface area (Å²) in [7, 11) is 0. The van der Waals surface area contributed by atoms with Crippen molar-refractivity contribution in [2.45, 2.75) is 72.8 Å². The fraction of sp³-hybridized carbons (Fsp3) is 0.244. The van der Waals surface area contributed by atoms with Crippen LogP contribution in [0.4, 0.5) is 11.4 Å². The molecule has 2 amide bonds. The molecule has 5 aromatic carbocycles. The van der Waals surface area contributed by atoms with Crippen LogP contribution in [-0.2, 0) is 27.4 Å². The number of carbonyl (C=O) groups excluding carboxylic acids is 4. The number of esters is 2. The molecular formula is C45H44N10O6. The summed E-state index contributed by atoms with van der Waals surface area (Å²) in [5.74, 6) is -1.18.